The molecule has 1 aromatic heterocycles. The summed E-state index contributed by atoms with van der Waals surface area (Å²) in [5.74, 6) is 0.931. The molecule has 0 aliphatic rings. The minimum Gasteiger partial charge on any atom is -0.508 e. The summed E-state index contributed by atoms with van der Waals surface area (Å²) in [6, 6.07) is 16.8. The molecule has 58 heavy (non-hydrogen) atoms. The number of aromatic hydroxyl groups is 1. The molecule has 0 unspecified atom stereocenters. The molecular weight excluding hydrogens is 689 g/mol. The Morgan fingerprint density at radius 1 is 0.448 bits per heavy atom. The Kier molecular flexibility index (Phi) is 9.63. The number of imidazole rings is 1. The van der Waals surface area contributed by atoms with Crippen LogP contribution < -0.4 is 76.5 Å². The number of aliphatic hydroxyl groups is 1. The summed E-state index contributed by atoms with van der Waals surface area (Å²) in [6.45, 7) is 0. The van der Waals surface area contributed by atoms with E-state index in [2.05, 4.69) is 145 Å². The number of hydrogen-bond acceptors (Lipinski definition) is 3. The Morgan fingerprint density at radius 2 is 0.914 bits per heavy atom. The van der Waals surface area contributed by atoms with Crippen LogP contribution in [0.3, 0.4) is 0 Å². The third kappa shape index (κ3) is 5.52. The minimum atomic E-state index is -1.18. The van der Waals surface area contributed by atoms with Gasteiger partial charge >= 0.3 is 0 Å². The summed E-state index contributed by atoms with van der Waals surface area (Å²) < 4.78 is 2.10. The van der Waals surface area contributed by atoms with Crippen molar-refractivity contribution in [1.29, 1.82) is 0 Å². The molecule has 0 fully saturated rings. The van der Waals surface area contributed by atoms with Crippen LogP contribution in [0.5, 0.6) is 5.75 Å². The second-order valence-corrected chi connectivity index (χ2v) is 17.8. The number of aromatic nitrogens is 2. The van der Waals surface area contributed by atoms with Gasteiger partial charge in [0, 0.05) is 11.1 Å². The van der Waals surface area contributed by atoms with Crippen molar-refractivity contribution >= 4 is 245 Å². The van der Waals surface area contributed by atoms with E-state index < -0.39 is 5.40 Å². The van der Waals surface area contributed by atoms with Crippen molar-refractivity contribution in [2.24, 2.45) is 0 Å². The molecule has 20 heteroatoms. The standard InChI is InChI=1S/C38H42B16N2O2/c39-22-19(26(43)27(44)21-20(22)28(45)32(49)33(50)29(21)46)14-17-15(23(40)30(47)31(48)25(17)42)13(16-18(14)36(57)35(52)34(51)24(16)41)9-4-3-5-10(8-9)56-12-7-2-1-6-11(12)55-37(56)38(53,54)58/h1-8,57-58H,39-54H2. The van der Waals surface area contributed by atoms with Gasteiger partial charge in [-0.3, -0.25) is 4.57 Å². The quantitative estimate of drug-likeness (QED) is 0.140. The lowest BCUT2D eigenvalue weighted by Crippen LogP contribution is -2.52. The van der Waals surface area contributed by atoms with E-state index in [-0.39, 0.29) is 0 Å². The van der Waals surface area contributed by atoms with Crippen LogP contribution in [0, 0.1) is 0 Å². The Bertz CT molecular complexity index is 3100. The number of fused-ring (bicyclic) bond motifs is 4. The fourth-order valence-electron chi connectivity index (χ4n) is 10.3. The zero-order valence-electron chi connectivity index (χ0n) is 37.4. The van der Waals surface area contributed by atoms with E-state index in [4.69, 9.17) is 4.98 Å². The van der Waals surface area contributed by atoms with E-state index in [1.54, 1.807) is 15.7 Å². The number of phenolic OH excluding ortho intramolecular Hbond substituents is 1. The average molecular weight is 732 g/mol. The fourth-order valence-corrected chi connectivity index (χ4v) is 10.3. The van der Waals surface area contributed by atoms with Gasteiger partial charge in [0.15, 0.2) is 0 Å². The fraction of sp³-hybridized carbons (Fsp3) is 0.0263. The summed E-state index contributed by atoms with van der Waals surface area (Å²) in [5.41, 5.74) is 24.6. The van der Waals surface area contributed by atoms with Crippen molar-refractivity contribution in [3.05, 3.63) is 54.4 Å². The van der Waals surface area contributed by atoms with E-state index in [1.807, 2.05) is 18.2 Å². The molecule has 8 rings (SSSR count). The number of nitrogens with zero attached hydrogens (tertiary/aromatic N) is 2. The van der Waals surface area contributed by atoms with E-state index in [1.165, 1.54) is 92.7 Å². The lowest BCUT2D eigenvalue weighted by atomic mass is 9.57. The summed E-state index contributed by atoms with van der Waals surface area (Å²) in [4.78, 5) is 4.95. The lowest BCUT2D eigenvalue weighted by Gasteiger charge is -2.30. The SMILES string of the molecule is Bc1c(B)c(B)c2c(B)c(-c3c4c(B)c(B)c(B)c(B)c4c(-c4cccc(-n5c(C(B)(B)O)nc6ccccc65)c4)c4c(B)c(B)c(B)c(O)c34)c(B)c(B)c2c1B. The zero-order chi connectivity index (χ0) is 42.2. The van der Waals surface area contributed by atoms with Crippen LogP contribution in [-0.2, 0) is 5.40 Å². The van der Waals surface area contributed by atoms with Gasteiger partial charge in [0.1, 0.15) is 137 Å². The summed E-state index contributed by atoms with van der Waals surface area (Å²) in [7, 11) is 35.1. The maximum atomic E-state index is 12.8. The minimum absolute atomic E-state index is 0.345. The number of benzene rings is 7. The molecule has 0 radical (unpaired) electrons. The predicted molar refractivity (Wildman–Crippen MR) is 302 cm³/mol. The third-order valence-electron chi connectivity index (χ3n) is 14.5. The number of rotatable bonds is 4. The molecule has 0 amide bonds. The van der Waals surface area contributed by atoms with Gasteiger partial charge in [-0.15, -0.1) is 21.9 Å². The monoisotopic (exact) mass is 734 g/mol. The number of para-hydroxylation sites is 2. The van der Waals surface area contributed by atoms with Gasteiger partial charge in [-0.1, -0.05) is 78.9 Å². The van der Waals surface area contributed by atoms with E-state index in [0.29, 0.717) is 11.6 Å². The molecule has 7 aromatic carbocycles. The maximum absolute atomic E-state index is 12.8. The van der Waals surface area contributed by atoms with Crippen LogP contribution in [0.1, 0.15) is 5.82 Å². The van der Waals surface area contributed by atoms with Crippen LogP contribution in [0.15, 0.2) is 48.5 Å². The molecule has 2 N–H and O–H groups in total. The molecular formula is C38H42B16N2O2. The number of phenols is 1. The van der Waals surface area contributed by atoms with Crippen molar-refractivity contribution in [3.8, 4) is 33.7 Å². The highest BCUT2D eigenvalue weighted by molar-refractivity contribution is 6.74. The predicted octanol–water partition coefficient (Wildman–Crippen LogP) is -17.5. The van der Waals surface area contributed by atoms with Crippen LogP contribution in [0.2, 0.25) is 0 Å². The average Bonchev–Trinajstić information content (AvgIpc) is 3.60. The van der Waals surface area contributed by atoms with Crippen molar-refractivity contribution in [2.75, 3.05) is 0 Å². The zero-order valence-corrected chi connectivity index (χ0v) is 37.4. The molecule has 0 saturated heterocycles. The van der Waals surface area contributed by atoms with Gasteiger partial charge in [0.25, 0.3) is 0 Å². The van der Waals surface area contributed by atoms with Gasteiger partial charge in [0.2, 0.25) is 0 Å². The van der Waals surface area contributed by atoms with Gasteiger partial charge in [-0.25, -0.2) is 4.98 Å². The lowest BCUT2D eigenvalue weighted by molar-refractivity contribution is 0.205. The van der Waals surface area contributed by atoms with E-state index in [9.17, 15) is 10.2 Å². The molecule has 8 aromatic rings. The molecule has 4 nitrogen and oxygen atoms in total. The van der Waals surface area contributed by atoms with Crippen LogP contribution >= 0.6 is 0 Å². The van der Waals surface area contributed by atoms with Gasteiger partial charge < -0.3 is 10.2 Å². The Hall–Kier alpha value is -4.41. The van der Waals surface area contributed by atoms with Crippen LogP contribution in [0.25, 0.3) is 71.3 Å². The van der Waals surface area contributed by atoms with Crippen molar-refractivity contribution in [1.82, 2.24) is 9.55 Å². The molecule has 0 atom stereocenters. The topological polar surface area (TPSA) is 58.3 Å². The van der Waals surface area contributed by atoms with Crippen molar-refractivity contribution in [2.45, 2.75) is 5.40 Å². The summed E-state index contributed by atoms with van der Waals surface area (Å²) in [5, 5.41) is 30.1. The second kappa shape index (κ2) is 13.8. The smallest absolute Gasteiger partial charge is 0.143 e. The first kappa shape index (κ1) is 40.4. The first-order chi connectivity index (χ1) is 27.2. The van der Waals surface area contributed by atoms with E-state index in [0.717, 1.165) is 55.1 Å². The Labute approximate surface area is 356 Å². The first-order valence-corrected chi connectivity index (χ1v) is 20.7. The maximum Gasteiger partial charge on any atom is 0.143 e. The summed E-state index contributed by atoms with van der Waals surface area (Å²) >= 11 is 0. The second-order valence-electron chi connectivity index (χ2n) is 17.8. The largest absolute Gasteiger partial charge is 0.508 e. The normalized spacial score (nSPS) is 12.0. The van der Waals surface area contributed by atoms with Gasteiger partial charge in [0.05, 0.1) is 16.4 Å². The molecule has 0 aliphatic carbocycles. The molecule has 264 valence electrons. The van der Waals surface area contributed by atoms with E-state index >= 15 is 0 Å². The summed E-state index contributed by atoms with van der Waals surface area (Å²) in [6.07, 6.45) is 0. The highest BCUT2D eigenvalue weighted by Gasteiger charge is 2.30. The van der Waals surface area contributed by atoms with Crippen LogP contribution in [0.4, 0.5) is 0 Å². The Balaban J connectivity index is 1.65. The highest BCUT2D eigenvalue weighted by atomic mass is 16.3. The molecule has 0 saturated carbocycles. The highest BCUT2D eigenvalue weighted by Crippen LogP contribution is 2.44. The molecule has 0 bridgehead atoms. The van der Waals surface area contributed by atoms with Crippen LogP contribution in [-0.4, -0.2) is 145 Å². The molecule has 1 heterocycles. The van der Waals surface area contributed by atoms with Crippen molar-refractivity contribution < 1.29 is 10.2 Å². The van der Waals surface area contributed by atoms with Gasteiger partial charge in [-0.2, -0.15) is 0 Å². The first-order valence-electron chi connectivity index (χ1n) is 20.7. The number of hydrogen-bond donors (Lipinski definition) is 2. The third-order valence-corrected chi connectivity index (χ3v) is 14.5. The Morgan fingerprint density at radius 3 is 1.48 bits per heavy atom. The van der Waals surface area contributed by atoms with Gasteiger partial charge in [-0.05, 0) is 73.5 Å². The molecule has 0 aliphatic heterocycles. The van der Waals surface area contributed by atoms with Crippen molar-refractivity contribution in [3.63, 3.8) is 0 Å². The molecule has 0 spiro atoms.